The maximum Gasteiger partial charge on any atom is 0.135 e. The van der Waals surface area contributed by atoms with Crippen molar-refractivity contribution in [3.63, 3.8) is 0 Å². The van der Waals surface area contributed by atoms with Gasteiger partial charge in [-0.25, -0.2) is 4.98 Å². The molecule has 0 aliphatic carbocycles. The number of imidazole rings is 1. The molecule has 118 valence electrons. The summed E-state index contributed by atoms with van der Waals surface area (Å²) in [7, 11) is 0. The van der Waals surface area contributed by atoms with Crippen molar-refractivity contribution >= 4 is 11.3 Å². The summed E-state index contributed by atoms with van der Waals surface area (Å²) in [5.74, 6) is 1.01. The number of rotatable bonds is 5. The van der Waals surface area contributed by atoms with Gasteiger partial charge in [-0.1, -0.05) is 36.4 Å². The van der Waals surface area contributed by atoms with Gasteiger partial charge in [-0.05, 0) is 17.0 Å². The van der Waals surface area contributed by atoms with E-state index in [1.165, 1.54) is 16.1 Å². The first-order valence-corrected chi connectivity index (χ1v) is 8.72. The first kappa shape index (κ1) is 14.6. The minimum atomic E-state index is 0.180. The number of thiophene rings is 1. The molecule has 0 bridgehead atoms. The third-order valence-electron chi connectivity index (χ3n) is 4.09. The van der Waals surface area contributed by atoms with Crippen molar-refractivity contribution in [2.24, 2.45) is 0 Å². The Balaban J connectivity index is 1.43. The molecular weight excluding hydrogens is 306 g/mol. The van der Waals surface area contributed by atoms with Crippen LogP contribution >= 0.6 is 11.3 Å². The number of ether oxygens (including phenoxy) is 1. The quantitative estimate of drug-likeness (QED) is 0.782. The van der Waals surface area contributed by atoms with Gasteiger partial charge in [-0.2, -0.15) is 0 Å². The van der Waals surface area contributed by atoms with Gasteiger partial charge >= 0.3 is 0 Å². The van der Waals surface area contributed by atoms with Gasteiger partial charge in [-0.3, -0.25) is 0 Å². The zero-order valence-electron chi connectivity index (χ0n) is 12.8. The second-order valence-electron chi connectivity index (χ2n) is 5.68. The average Bonchev–Trinajstić information content (AvgIpc) is 3.25. The van der Waals surface area contributed by atoms with E-state index < -0.39 is 0 Å². The van der Waals surface area contributed by atoms with Gasteiger partial charge in [0.05, 0.1) is 24.5 Å². The molecule has 2 aromatic heterocycles. The third kappa shape index (κ3) is 3.22. The van der Waals surface area contributed by atoms with Crippen LogP contribution in [-0.4, -0.2) is 22.2 Å². The molecule has 1 aliphatic heterocycles. The average molecular weight is 325 g/mol. The largest absolute Gasteiger partial charge is 0.367 e. The Hall–Kier alpha value is -1.95. The van der Waals surface area contributed by atoms with Crippen LogP contribution in [0.2, 0.25) is 0 Å². The van der Waals surface area contributed by atoms with Crippen molar-refractivity contribution in [3.05, 3.63) is 64.7 Å². The van der Waals surface area contributed by atoms with Crippen LogP contribution in [0, 0.1) is 0 Å². The molecule has 1 aliphatic rings. The molecular formula is C18H19N3OS. The van der Waals surface area contributed by atoms with Gasteiger partial charge in [0.15, 0.2) is 0 Å². The molecule has 0 amide bonds. The molecule has 0 saturated heterocycles. The fourth-order valence-corrected chi connectivity index (χ4v) is 3.59. The standard InChI is InChI=1S/C18H19N3OS/c1-2-5-14(6-3-1)17-11-20-18-13-22-15(12-21(17)18)9-19-10-16-7-4-8-23-16/h1-8,11,15,19H,9-10,12-13H2/t15-/m0/s1. The minimum Gasteiger partial charge on any atom is -0.367 e. The molecule has 0 fully saturated rings. The second-order valence-corrected chi connectivity index (χ2v) is 6.71. The number of fused-ring (bicyclic) bond motifs is 1. The highest BCUT2D eigenvalue weighted by Crippen LogP contribution is 2.24. The van der Waals surface area contributed by atoms with Crippen molar-refractivity contribution in [2.45, 2.75) is 25.8 Å². The number of aromatic nitrogens is 2. The zero-order valence-corrected chi connectivity index (χ0v) is 13.6. The van der Waals surface area contributed by atoms with Crippen LogP contribution in [-0.2, 0) is 24.4 Å². The normalized spacial score (nSPS) is 17.1. The van der Waals surface area contributed by atoms with E-state index in [0.717, 1.165) is 25.5 Å². The van der Waals surface area contributed by atoms with Crippen LogP contribution in [0.1, 0.15) is 10.7 Å². The van der Waals surface area contributed by atoms with Gasteiger partial charge in [0.25, 0.3) is 0 Å². The highest BCUT2D eigenvalue weighted by Gasteiger charge is 2.22. The van der Waals surface area contributed by atoms with Gasteiger partial charge in [-0.15, -0.1) is 11.3 Å². The van der Waals surface area contributed by atoms with E-state index in [9.17, 15) is 0 Å². The van der Waals surface area contributed by atoms with Crippen molar-refractivity contribution in [2.75, 3.05) is 6.54 Å². The van der Waals surface area contributed by atoms with E-state index in [2.05, 4.69) is 56.6 Å². The van der Waals surface area contributed by atoms with E-state index in [4.69, 9.17) is 4.74 Å². The first-order chi connectivity index (χ1) is 11.4. The van der Waals surface area contributed by atoms with Crippen LogP contribution in [0.4, 0.5) is 0 Å². The lowest BCUT2D eigenvalue weighted by atomic mass is 10.1. The summed E-state index contributed by atoms with van der Waals surface area (Å²) in [6.07, 6.45) is 2.13. The summed E-state index contributed by atoms with van der Waals surface area (Å²) in [4.78, 5) is 5.86. The van der Waals surface area contributed by atoms with Crippen molar-refractivity contribution in [1.29, 1.82) is 0 Å². The number of benzene rings is 1. The predicted octanol–water partition coefficient (Wildman–Crippen LogP) is 3.30. The van der Waals surface area contributed by atoms with Crippen molar-refractivity contribution in [3.8, 4) is 11.3 Å². The Morgan fingerprint density at radius 2 is 2.13 bits per heavy atom. The highest BCUT2D eigenvalue weighted by atomic mass is 32.1. The molecule has 1 N–H and O–H groups in total. The van der Waals surface area contributed by atoms with E-state index in [0.29, 0.717) is 6.61 Å². The molecule has 1 atom stereocenters. The van der Waals surface area contributed by atoms with Crippen molar-refractivity contribution < 1.29 is 4.74 Å². The van der Waals surface area contributed by atoms with E-state index >= 15 is 0 Å². The Morgan fingerprint density at radius 1 is 1.22 bits per heavy atom. The molecule has 0 spiro atoms. The number of nitrogens with zero attached hydrogens (tertiary/aromatic N) is 2. The molecule has 1 aromatic carbocycles. The van der Waals surface area contributed by atoms with E-state index in [1.807, 2.05) is 12.3 Å². The third-order valence-corrected chi connectivity index (χ3v) is 4.97. The number of hydrogen-bond acceptors (Lipinski definition) is 4. The summed E-state index contributed by atoms with van der Waals surface area (Å²) in [5, 5.41) is 5.60. The summed E-state index contributed by atoms with van der Waals surface area (Å²) < 4.78 is 8.22. The van der Waals surface area contributed by atoms with Crippen LogP contribution < -0.4 is 5.32 Å². The molecule has 0 unspecified atom stereocenters. The molecule has 4 nitrogen and oxygen atoms in total. The summed E-state index contributed by atoms with van der Waals surface area (Å²) in [6, 6.07) is 14.7. The Kier molecular flexibility index (Phi) is 4.24. The SMILES string of the molecule is c1ccc(-c2cnc3n2C[C@H](CNCc2cccs2)OC3)cc1. The second kappa shape index (κ2) is 6.66. The lowest BCUT2D eigenvalue weighted by Crippen LogP contribution is -2.36. The van der Waals surface area contributed by atoms with Gasteiger partial charge in [0.1, 0.15) is 12.4 Å². The predicted molar refractivity (Wildman–Crippen MR) is 92.3 cm³/mol. The minimum absolute atomic E-state index is 0.180. The van der Waals surface area contributed by atoms with Crippen LogP contribution in [0.5, 0.6) is 0 Å². The summed E-state index contributed by atoms with van der Waals surface area (Å²) >= 11 is 1.78. The van der Waals surface area contributed by atoms with Crippen LogP contribution in [0.15, 0.2) is 54.0 Å². The fourth-order valence-electron chi connectivity index (χ4n) is 2.91. The molecule has 0 radical (unpaired) electrons. The van der Waals surface area contributed by atoms with Gasteiger partial charge < -0.3 is 14.6 Å². The van der Waals surface area contributed by atoms with Crippen LogP contribution in [0.25, 0.3) is 11.3 Å². The Bertz CT molecular complexity index is 752. The summed E-state index contributed by atoms with van der Waals surface area (Å²) in [5.41, 5.74) is 2.38. The van der Waals surface area contributed by atoms with Crippen molar-refractivity contribution in [1.82, 2.24) is 14.9 Å². The molecule has 3 aromatic rings. The molecule has 3 heterocycles. The topological polar surface area (TPSA) is 39.1 Å². The first-order valence-electron chi connectivity index (χ1n) is 7.84. The lowest BCUT2D eigenvalue weighted by molar-refractivity contribution is 0.00329. The van der Waals surface area contributed by atoms with Crippen LogP contribution in [0.3, 0.4) is 0 Å². The molecule has 4 rings (SSSR count). The van der Waals surface area contributed by atoms with Gasteiger partial charge in [0, 0.05) is 18.0 Å². The maximum atomic E-state index is 5.93. The fraction of sp³-hybridized carbons (Fsp3) is 0.278. The lowest BCUT2D eigenvalue weighted by Gasteiger charge is -2.26. The van der Waals surface area contributed by atoms with Gasteiger partial charge in [0.2, 0.25) is 0 Å². The smallest absolute Gasteiger partial charge is 0.135 e. The van der Waals surface area contributed by atoms with E-state index in [-0.39, 0.29) is 6.10 Å². The highest BCUT2D eigenvalue weighted by molar-refractivity contribution is 7.09. The van der Waals surface area contributed by atoms with E-state index in [1.54, 1.807) is 11.3 Å². The Morgan fingerprint density at radius 3 is 2.96 bits per heavy atom. The number of hydrogen-bond donors (Lipinski definition) is 1. The maximum absolute atomic E-state index is 5.93. The monoisotopic (exact) mass is 325 g/mol. The Labute approximate surface area is 139 Å². The molecule has 0 saturated carbocycles. The zero-order chi connectivity index (χ0) is 15.5. The molecule has 5 heteroatoms. The molecule has 23 heavy (non-hydrogen) atoms. The number of nitrogens with one attached hydrogen (secondary N) is 1. The summed E-state index contributed by atoms with van der Waals surface area (Å²) in [6.45, 7) is 3.18.